The Morgan fingerprint density at radius 3 is 2.57 bits per heavy atom. The Labute approximate surface area is 166 Å². The number of hydrogen-bond acceptors (Lipinski definition) is 10. The summed E-state index contributed by atoms with van der Waals surface area (Å²) in [5.41, 5.74) is -0.119. The van der Waals surface area contributed by atoms with Crippen LogP contribution in [-0.4, -0.2) is 58.0 Å². The fourth-order valence-electron chi connectivity index (χ4n) is 2.72. The number of ether oxygens (including phenoxy) is 1. The molecule has 2 unspecified atom stereocenters. The molecule has 0 aliphatic carbocycles. The van der Waals surface area contributed by atoms with Crippen molar-refractivity contribution in [3.05, 3.63) is 28.9 Å². The summed E-state index contributed by atoms with van der Waals surface area (Å²) in [7, 11) is -16.5. The fraction of sp³-hybridized carbons (Fsp3) is 0.455. The van der Waals surface area contributed by atoms with Crippen molar-refractivity contribution in [1.82, 2.24) is 14.5 Å². The van der Waals surface area contributed by atoms with Crippen LogP contribution < -0.4 is 5.56 Å². The van der Waals surface area contributed by atoms with Crippen LogP contribution in [0.1, 0.15) is 12.6 Å². The first-order valence-electron chi connectivity index (χ1n) is 7.92. The van der Waals surface area contributed by atoms with Gasteiger partial charge in [-0.2, -0.15) is 8.62 Å². The minimum atomic E-state index is -5.65. The first-order valence-corrected chi connectivity index (χ1v) is 12.4. The van der Waals surface area contributed by atoms with Crippen molar-refractivity contribution in [3.8, 4) is 0 Å². The fourth-order valence-corrected chi connectivity index (χ4v) is 5.75. The molecule has 16 nitrogen and oxygen atoms in total. The Morgan fingerprint density at radius 1 is 1.20 bits per heavy atom. The van der Waals surface area contributed by atoms with E-state index in [9.17, 15) is 28.5 Å². The maximum absolute atomic E-state index is 11.8. The Hall–Kier alpha value is -1.25. The average molecular weight is 491 g/mol. The van der Waals surface area contributed by atoms with E-state index >= 15 is 0 Å². The average Bonchev–Trinajstić information content (AvgIpc) is 3.14. The zero-order valence-corrected chi connectivity index (χ0v) is 17.3. The topological polar surface area (TPSA) is 240 Å². The zero-order valence-electron chi connectivity index (χ0n) is 14.6. The maximum atomic E-state index is 11.8. The molecular weight excluding hydrogens is 475 g/mol. The van der Waals surface area contributed by atoms with Gasteiger partial charge in [-0.3, -0.25) is 9.32 Å². The highest BCUT2D eigenvalue weighted by Crippen LogP contribution is 2.66. The predicted molar refractivity (Wildman–Crippen MR) is 94.7 cm³/mol. The molecule has 0 radical (unpaired) electrons. The van der Waals surface area contributed by atoms with Gasteiger partial charge in [0.1, 0.15) is 18.0 Å². The van der Waals surface area contributed by atoms with E-state index in [2.05, 4.69) is 23.1 Å². The van der Waals surface area contributed by atoms with Gasteiger partial charge in [-0.15, -0.1) is 0 Å². The summed E-state index contributed by atoms with van der Waals surface area (Å²) in [5, 5.41) is 10.4. The number of hydrogen-bond donors (Lipinski definition) is 6. The predicted octanol–water partition coefficient (Wildman–Crippen LogP) is -0.284. The monoisotopic (exact) mass is 491 g/mol. The quantitative estimate of drug-likeness (QED) is 0.260. The number of phosphoric ester groups is 1. The zero-order chi connectivity index (χ0) is 22.3. The maximum Gasteiger partial charge on any atom is 0.490 e. The molecule has 0 amide bonds. The van der Waals surface area contributed by atoms with Gasteiger partial charge in [-0.1, -0.05) is 0 Å². The number of aliphatic hydroxyl groups excluding tert-OH is 1. The number of nitrogens with one attached hydrogen (secondary N) is 1. The molecule has 19 heteroatoms. The summed E-state index contributed by atoms with van der Waals surface area (Å²) in [6.07, 6.45) is -0.556. The molecule has 1 aliphatic rings. The summed E-state index contributed by atoms with van der Waals surface area (Å²) < 4.78 is 52.3. The van der Waals surface area contributed by atoms with Crippen LogP contribution in [0.15, 0.2) is 23.4 Å². The second-order valence-corrected chi connectivity index (χ2v) is 10.4. The van der Waals surface area contributed by atoms with Crippen molar-refractivity contribution in [2.45, 2.75) is 24.9 Å². The van der Waals surface area contributed by atoms with Gasteiger partial charge < -0.3 is 39.0 Å². The first kappa shape index (κ1) is 23.4. The SMILES string of the molecule is O=c1[nH]cnc2c1ccn2[C@H]1C[C@H](O)[C@@H](COP(=O)(O)OP(=O)(O)OP(=O)(O)O)O1. The van der Waals surface area contributed by atoms with E-state index in [0.29, 0.717) is 0 Å². The highest BCUT2D eigenvalue weighted by molar-refractivity contribution is 7.66. The number of nitrogens with zero attached hydrogens (tertiary/aromatic N) is 2. The lowest BCUT2D eigenvalue weighted by Gasteiger charge is -2.19. The third-order valence-corrected chi connectivity index (χ3v) is 7.65. The molecule has 0 bridgehead atoms. The molecule has 30 heavy (non-hydrogen) atoms. The number of fused-ring (bicyclic) bond motifs is 1. The number of aromatic amines is 1. The molecule has 0 aromatic carbocycles. The van der Waals surface area contributed by atoms with Crippen LogP contribution in [0, 0.1) is 0 Å². The number of aliphatic hydroxyl groups is 1. The third kappa shape index (κ3) is 5.71. The van der Waals surface area contributed by atoms with Gasteiger partial charge in [-0.25, -0.2) is 18.7 Å². The summed E-state index contributed by atoms with van der Waals surface area (Å²) in [5.74, 6) is 0. The van der Waals surface area contributed by atoms with E-state index in [1.807, 2.05) is 0 Å². The van der Waals surface area contributed by atoms with Crippen molar-refractivity contribution in [1.29, 1.82) is 0 Å². The van der Waals surface area contributed by atoms with E-state index in [4.69, 9.17) is 19.4 Å². The van der Waals surface area contributed by atoms with Crippen LogP contribution in [0.2, 0.25) is 0 Å². The largest absolute Gasteiger partial charge is 0.490 e. The van der Waals surface area contributed by atoms with E-state index in [0.717, 1.165) is 0 Å². The molecular formula is C11H16N3O13P3. The molecule has 1 saturated heterocycles. The number of phosphoric acid groups is 3. The van der Waals surface area contributed by atoms with E-state index in [-0.39, 0.29) is 23.0 Å². The standard InChI is InChI=1S/C11H16N3O13P3/c15-7-3-9(14-2-1-6-10(14)12-5-13-11(6)16)25-8(7)4-24-29(20,21)27-30(22,23)26-28(17,18)19/h1-2,5,7-9,15H,3-4H2,(H,20,21)(H,22,23)(H,12,13,16)(H2,17,18,19)/t7-,8+,9+/m0/s1. The summed E-state index contributed by atoms with van der Waals surface area (Å²) in [4.78, 5) is 53.7. The molecule has 3 heterocycles. The third-order valence-electron chi connectivity index (χ3n) is 3.85. The van der Waals surface area contributed by atoms with Crippen molar-refractivity contribution in [2.75, 3.05) is 6.61 Å². The summed E-state index contributed by atoms with van der Waals surface area (Å²) in [6.45, 7) is -0.797. The molecule has 1 fully saturated rings. The molecule has 168 valence electrons. The van der Waals surface area contributed by atoms with Gasteiger partial charge in [0.15, 0.2) is 0 Å². The Balaban J connectivity index is 1.64. The smallest absolute Gasteiger partial charge is 0.390 e. The number of rotatable bonds is 8. The van der Waals surface area contributed by atoms with Crippen LogP contribution in [0.25, 0.3) is 11.0 Å². The van der Waals surface area contributed by atoms with Gasteiger partial charge in [0, 0.05) is 12.6 Å². The highest BCUT2D eigenvalue weighted by Gasteiger charge is 2.42. The molecule has 0 saturated carbocycles. The van der Waals surface area contributed by atoms with Gasteiger partial charge >= 0.3 is 23.5 Å². The molecule has 2 aromatic heterocycles. The number of H-pyrrole nitrogens is 1. The van der Waals surface area contributed by atoms with E-state index in [1.54, 1.807) is 0 Å². The molecule has 5 atom stereocenters. The Kier molecular flexibility index (Phi) is 6.52. The van der Waals surface area contributed by atoms with Crippen molar-refractivity contribution < 1.29 is 56.3 Å². The first-order chi connectivity index (χ1) is 13.8. The van der Waals surface area contributed by atoms with Crippen LogP contribution in [0.5, 0.6) is 0 Å². The van der Waals surface area contributed by atoms with Crippen molar-refractivity contribution in [2.24, 2.45) is 0 Å². The Morgan fingerprint density at radius 2 is 1.90 bits per heavy atom. The van der Waals surface area contributed by atoms with Gasteiger partial charge in [0.2, 0.25) is 0 Å². The summed E-state index contributed by atoms with van der Waals surface area (Å²) in [6, 6.07) is 1.48. The molecule has 0 spiro atoms. The van der Waals surface area contributed by atoms with Crippen molar-refractivity contribution >= 4 is 34.5 Å². The van der Waals surface area contributed by atoms with Gasteiger partial charge in [-0.05, 0) is 6.07 Å². The van der Waals surface area contributed by atoms with Gasteiger partial charge in [0.05, 0.1) is 24.4 Å². The minimum absolute atomic E-state index is 0.0112. The van der Waals surface area contributed by atoms with E-state index < -0.39 is 48.5 Å². The molecule has 1 aliphatic heterocycles. The summed E-state index contributed by atoms with van der Waals surface area (Å²) >= 11 is 0. The van der Waals surface area contributed by atoms with E-state index in [1.165, 1.54) is 23.2 Å². The number of aromatic nitrogens is 3. The van der Waals surface area contributed by atoms with Crippen molar-refractivity contribution in [3.63, 3.8) is 0 Å². The molecule has 2 aromatic rings. The minimum Gasteiger partial charge on any atom is -0.390 e. The van der Waals surface area contributed by atoms with Crippen LogP contribution >= 0.6 is 23.5 Å². The lowest BCUT2D eigenvalue weighted by molar-refractivity contribution is -0.0421. The lowest BCUT2D eigenvalue weighted by Crippen LogP contribution is -2.26. The highest BCUT2D eigenvalue weighted by atomic mass is 31.3. The second-order valence-electron chi connectivity index (χ2n) is 6.01. The van der Waals surface area contributed by atoms with Gasteiger partial charge in [0.25, 0.3) is 5.56 Å². The van der Waals surface area contributed by atoms with Crippen LogP contribution in [0.3, 0.4) is 0 Å². The molecule has 6 N–H and O–H groups in total. The lowest BCUT2D eigenvalue weighted by atomic mass is 10.2. The molecule has 3 rings (SSSR count). The van der Waals surface area contributed by atoms with Crippen LogP contribution in [0.4, 0.5) is 0 Å². The van der Waals surface area contributed by atoms with Crippen LogP contribution in [-0.2, 0) is 31.6 Å². The second kappa shape index (κ2) is 8.36. The Bertz CT molecular complexity index is 1120. The normalized spacial score (nSPS) is 26.5.